The summed E-state index contributed by atoms with van der Waals surface area (Å²) in [5.74, 6) is 0.0507. The van der Waals surface area contributed by atoms with Crippen molar-refractivity contribution in [1.82, 2.24) is 4.98 Å². The molecule has 0 radical (unpaired) electrons. The molecule has 2 heterocycles. The number of nitrogens with one attached hydrogen (secondary N) is 1. The first-order chi connectivity index (χ1) is 15.0. The van der Waals surface area contributed by atoms with Gasteiger partial charge in [0.05, 0.1) is 22.3 Å². The van der Waals surface area contributed by atoms with Crippen molar-refractivity contribution in [3.05, 3.63) is 83.6 Å². The first-order valence-electron chi connectivity index (χ1n) is 9.48. The molecular formula is C24H17N3O4. The second-order valence-electron chi connectivity index (χ2n) is 6.76. The Kier molecular flexibility index (Phi) is 5.45. The lowest BCUT2D eigenvalue weighted by molar-refractivity contribution is -0.119. The quantitative estimate of drug-likeness (QED) is 0.486. The lowest BCUT2D eigenvalue weighted by Gasteiger charge is -2.10. The highest BCUT2D eigenvalue weighted by molar-refractivity contribution is 6.05. The van der Waals surface area contributed by atoms with Gasteiger partial charge in [0, 0.05) is 5.39 Å². The van der Waals surface area contributed by atoms with Crippen molar-refractivity contribution in [3.63, 3.8) is 0 Å². The van der Waals surface area contributed by atoms with E-state index in [1.165, 1.54) is 0 Å². The van der Waals surface area contributed by atoms with Crippen molar-refractivity contribution in [2.24, 2.45) is 0 Å². The van der Waals surface area contributed by atoms with Gasteiger partial charge in [0.1, 0.15) is 17.5 Å². The molecule has 4 aromatic rings. The zero-order valence-corrected chi connectivity index (χ0v) is 16.6. The summed E-state index contributed by atoms with van der Waals surface area (Å²) in [5.41, 5.74) is 2.05. The molecule has 0 unspecified atom stereocenters. The second-order valence-corrected chi connectivity index (χ2v) is 6.76. The number of ether oxygens (including phenoxy) is 1. The summed E-state index contributed by atoms with van der Waals surface area (Å²) in [6.45, 7) is 1.33. The topological polar surface area (TPSA) is 105 Å². The van der Waals surface area contributed by atoms with Crippen molar-refractivity contribution >= 4 is 28.5 Å². The molecule has 0 atom stereocenters. The highest BCUT2D eigenvalue weighted by Crippen LogP contribution is 2.26. The molecule has 2 aromatic heterocycles. The number of amides is 1. The van der Waals surface area contributed by atoms with Crippen molar-refractivity contribution in [2.45, 2.75) is 6.92 Å². The van der Waals surface area contributed by atoms with Gasteiger partial charge in [0.2, 0.25) is 0 Å². The summed E-state index contributed by atoms with van der Waals surface area (Å²) in [6.07, 6.45) is 0. The highest BCUT2D eigenvalue weighted by atomic mass is 16.5. The molecule has 0 saturated carbocycles. The molecule has 1 amide bonds. The molecule has 31 heavy (non-hydrogen) atoms. The van der Waals surface area contributed by atoms with Gasteiger partial charge in [-0.25, -0.2) is 9.78 Å². The van der Waals surface area contributed by atoms with E-state index in [0.717, 1.165) is 5.76 Å². The number of hydrogen-bond acceptors (Lipinski definition) is 6. The van der Waals surface area contributed by atoms with Crippen LogP contribution in [0.25, 0.3) is 22.4 Å². The van der Waals surface area contributed by atoms with Gasteiger partial charge < -0.3 is 14.5 Å². The Labute approximate surface area is 177 Å². The molecule has 1 N–H and O–H groups in total. The molecule has 0 saturated heterocycles. The number of benzene rings is 2. The number of para-hydroxylation sites is 2. The maximum absolute atomic E-state index is 12.8. The highest BCUT2D eigenvalue weighted by Gasteiger charge is 2.18. The fraction of sp³-hybridized carbons (Fsp3) is 0.0833. The summed E-state index contributed by atoms with van der Waals surface area (Å²) in [6, 6.07) is 20.9. The lowest BCUT2D eigenvalue weighted by Crippen LogP contribution is -2.21. The number of rotatable bonds is 5. The maximum Gasteiger partial charge on any atom is 0.339 e. The number of aryl methyl sites for hydroxylation is 1. The van der Waals surface area contributed by atoms with Gasteiger partial charge in [-0.15, -0.1) is 0 Å². The number of nitriles is 1. The van der Waals surface area contributed by atoms with Gasteiger partial charge in [-0.2, -0.15) is 5.26 Å². The number of carbonyl (C=O) groups is 2. The zero-order valence-electron chi connectivity index (χ0n) is 16.6. The third kappa shape index (κ3) is 4.28. The van der Waals surface area contributed by atoms with Gasteiger partial charge in [0.25, 0.3) is 5.91 Å². The second kappa shape index (κ2) is 8.51. The fourth-order valence-corrected chi connectivity index (χ4v) is 3.13. The summed E-state index contributed by atoms with van der Waals surface area (Å²) >= 11 is 0. The molecule has 0 spiro atoms. The number of furan rings is 1. The molecule has 7 heteroatoms. The van der Waals surface area contributed by atoms with Gasteiger partial charge >= 0.3 is 5.97 Å². The molecule has 7 nitrogen and oxygen atoms in total. The summed E-state index contributed by atoms with van der Waals surface area (Å²) in [7, 11) is 0. The predicted octanol–water partition coefficient (Wildman–Crippen LogP) is 4.47. The van der Waals surface area contributed by atoms with E-state index < -0.39 is 18.5 Å². The first kappa shape index (κ1) is 19.9. The van der Waals surface area contributed by atoms with E-state index in [9.17, 15) is 9.59 Å². The van der Waals surface area contributed by atoms with Crippen molar-refractivity contribution in [1.29, 1.82) is 5.26 Å². The van der Waals surface area contributed by atoms with Crippen LogP contribution in [0.4, 0.5) is 5.69 Å². The predicted molar refractivity (Wildman–Crippen MR) is 114 cm³/mol. The number of nitrogens with zero attached hydrogens (tertiary/aromatic N) is 2. The third-order valence-electron chi connectivity index (χ3n) is 4.58. The SMILES string of the molecule is Cc1ccc(-c2cc(C(=O)OCC(=O)Nc3ccccc3C#N)c3ccccc3n2)o1. The van der Waals surface area contributed by atoms with Crippen LogP contribution in [0.5, 0.6) is 0 Å². The van der Waals surface area contributed by atoms with Crippen LogP contribution in [0.15, 0.2) is 71.1 Å². The van der Waals surface area contributed by atoms with E-state index in [4.69, 9.17) is 14.4 Å². The van der Waals surface area contributed by atoms with Crippen molar-refractivity contribution < 1.29 is 18.7 Å². The number of carbonyl (C=O) groups excluding carboxylic acids is 2. The van der Waals surface area contributed by atoms with Gasteiger partial charge in [-0.3, -0.25) is 4.79 Å². The normalized spacial score (nSPS) is 10.5. The van der Waals surface area contributed by atoms with Crippen LogP contribution in [0, 0.1) is 18.3 Å². The van der Waals surface area contributed by atoms with E-state index in [0.29, 0.717) is 33.6 Å². The average Bonchev–Trinajstić information content (AvgIpc) is 3.23. The Morgan fingerprint density at radius 3 is 2.65 bits per heavy atom. The lowest BCUT2D eigenvalue weighted by atomic mass is 10.1. The monoisotopic (exact) mass is 411 g/mol. The Morgan fingerprint density at radius 2 is 1.87 bits per heavy atom. The van der Waals surface area contributed by atoms with Crippen LogP contribution in [0.3, 0.4) is 0 Å². The number of fused-ring (bicyclic) bond motifs is 1. The van der Waals surface area contributed by atoms with Crippen LogP contribution in [0.2, 0.25) is 0 Å². The molecular weight excluding hydrogens is 394 g/mol. The number of hydrogen-bond donors (Lipinski definition) is 1. The molecule has 0 fully saturated rings. The minimum absolute atomic E-state index is 0.278. The van der Waals surface area contributed by atoms with Crippen LogP contribution in [-0.4, -0.2) is 23.5 Å². The minimum Gasteiger partial charge on any atom is -0.460 e. The van der Waals surface area contributed by atoms with E-state index in [1.807, 2.05) is 25.1 Å². The number of aromatic nitrogens is 1. The standard InChI is InChI=1S/C24H17N3O4/c1-15-10-11-22(31-15)21-12-18(17-7-3-5-9-20(17)26-21)24(29)30-14-23(28)27-19-8-4-2-6-16(19)13-25/h2-12H,14H2,1H3,(H,27,28). The van der Waals surface area contributed by atoms with Crippen LogP contribution < -0.4 is 5.32 Å². The number of anilines is 1. The summed E-state index contributed by atoms with van der Waals surface area (Å²) < 4.78 is 10.9. The van der Waals surface area contributed by atoms with Crippen molar-refractivity contribution in [2.75, 3.05) is 11.9 Å². The van der Waals surface area contributed by atoms with E-state index in [2.05, 4.69) is 10.3 Å². The van der Waals surface area contributed by atoms with Crippen molar-refractivity contribution in [3.8, 4) is 17.5 Å². The Bertz CT molecular complexity index is 1330. The van der Waals surface area contributed by atoms with Gasteiger partial charge in [-0.05, 0) is 43.3 Å². The molecule has 0 aliphatic carbocycles. The first-order valence-corrected chi connectivity index (χ1v) is 9.48. The molecule has 0 aliphatic rings. The molecule has 4 rings (SSSR count). The number of pyridine rings is 1. The zero-order chi connectivity index (χ0) is 21.8. The van der Waals surface area contributed by atoms with E-state index in [1.54, 1.807) is 54.6 Å². The average molecular weight is 411 g/mol. The molecule has 152 valence electrons. The molecule has 2 aromatic carbocycles. The van der Waals surface area contributed by atoms with E-state index >= 15 is 0 Å². The van der Waals surface area contributed by atoms with Crippen LogP contribution in [-0.2, 0) is 9.53 Å². The maximum atomic E-state index is 12.8. The summed E-state index contributed by atoms with van der Waals surface area (Å²) in [5, 5.41) is 12.3. The Hall–Kier alpha value is -4.44. The van der Waals surface area contributed by atoms with Crippen LogP contribution in [0.1, 0.15) is 21.7 Å². The van der Waals surface area contributed by atoms with Gasteiger partial charge in [0.15, 0.2) is 12.4 Å². The largest absolute Gasteiger partial charge is 0.460 e. The Morgan fingerprint density at radius 1 is 1.10 bits per heavy atom. The third-order valence-corrected chi connectivity index (χ3v) is 4.58. The smallest absolute Gasteiger partial charge is 0.339 e. The number of esters is 1. The van der Waals surface area contributed by atoms with E-state index in [-0.39, 0.29) is 5.56 Å². The summed E-state index contributed by atoms with van der Waals surface area (Å²) in [4.78, 5) is 29.6. The molecule has 0 aliphatic heterocycles. The van der Waals surface area contributed by atoms with Gasteiger partial charge in [-0.1, -0.05) is 30.3 Å². The fourth-order valence-electron chi connectivity index (χ4n) is 3.13. The minimum atomic E-state index is -0.660. The Balaban J connectivity index is 1.56. The molecule has 0 bridgehead atoms. The van der Waals surface area contributed by atoms with Crippen LogP contribution >= 0.6 is 0 Å².